The molecule has 8 heteroatoms. The second-order valence-electron chi connectivity index (χ2n) is 7.54. The Morgan fingerprint density at radius 2 is 1.48 bits per heavy atom. The summed E-state index contributed by atoms with van der Waals surface area (Å²) >= 11 is 0. The Labute approximate surface area is 194 Å². The highest BCUT2D eigenvalue weighted by Gasteiger charge is 2.22. The summed E-state index contributed by atoms with van der Waals surface area (Å²) in [4.78, 5) is 25.3. The van der Waals surface area contributed by atoms with Crippen LogP contribution in [0.25, 0.3) is 0 Å². The summed E-state index contributed by atoms with van der Waals surface area (Å²) in [6.07, 6.45) is 1.62. The average Bonchev–Trinajstić information content (AvgIpc) is 2.82. The van der Waals surface area contributed by atoms with Gasteiger partial charge >= 0.3 is 5.97 Å². The molecule has 0 spiro atoms. The average molecular weight is 467 g/mol. The summed E-state index contributed by atoms with van der Waals surface area (Å²) in [6.45, 7) is -0.492. The van der Waals surface area contributed by atoms with E-state index in [1.165, 1.54) is 19.2 Å². The number of esters is 1. The molecule has 3 rings (SSSR count). The molecule has 0 saturated carbocycles. The van der Waals surface area contributed by atoms with Crippen molar-refractivity contribution in [2.45, 2.75) is 12.5 Å². The highest BCUT2D eigenvalue weighted by Crippen LogP contribution is 2.22. The third-order valence-corrected chi connectivity index (χ3v) is 6.31. The van der Waals surface area contributed by atoms with Gasteiger partial charge in [-0.2, -0.15) is 0 Å². The minimum atomic E-state index is -3.57. The van der Waals surface area contributed by atoms with Crippen LogP contribution in [0.3, 0.4) is 0 Å². The van der Waals surface area contributed by atoms with Crippen molar-refractivity contribution in [3.8, 4) is 0 Å². The molecule has 0 heterocycles. The van der Waals surface area contributed by atoms with Gasteiger partial charge in [0.25, 0.3) is 5.91 Å². The lowest BCUT2D eigenvalue weighted by Crippen LogP contribution is -2.34. The second-order valence-corrected chi connectivity index (χ2v) is 9.56. The fourth-order valence-corrected chi connectivity index (χ4v) is 3.85. The standard InChI is InChI=1S/C25H26N2O5S/c1-27(33(2,30)31)23-16-10-9-15-21(23)25(29)32-18-24(28)26-22(20-13-7-4-8-14-20)17-19-11-5-3-6-12-19/h3-16,22H,17-18H2,1-2H3,(H,26,28). The van der Waals surface area contributed by atoms with Gasteiger partial charge in [0.15, 0.2) is 6.61 Å². The first-order valence-corrected chi connectivity index (χ1v) is 12.2. The molecule has 0 radical (unpaired) electrons. The minimum absolute atomic E-state index is 0.0575. The van der Waals surface area contributed by atoms with Crippen LogP contribution in [-0.4, -0.2) is 40.2 Å². The maximum Gasteiger partial charge on any atom is 0.340 e. The van der Waals surface area contributed by atoms with E-state index in [2.05, 4.69) is 5.32 Å². The van der Waals surface area contributed by atoms with Gasteiger partial charge in [0, 0.05) is 7.05 Å². The largest absolute Gasteiger partial charge is 0.452 e. The Hall–Kier alpha value is -3.65. The Morgan fingerprint density at radius 3 is 2.12 bits per heavy atom. The highest BCUT2D eigenvalue weighted by molar-refractivity contribution is 7.92. The fourth-order valence-electron chi connectivity index (χ4n) is 3.33. The normalized spacial score (nSPS) is 11.9. The van der Waals surface area contributed by atoms with E-state index in [0.717, 1.165) is 21.7 Å². The summed E-state index contributed by atoms with van der Waals surface area (Å²) in [5.41, 5.74) is 2.22. The van der Waals surface area contributed by atoms with E-state index in [1.807, 2.05) is 60.7 Å². The Balaban J connectivity index is 1.69. The van der Waals surface area contributed by atoms with Crippen molar-refractivity contribution in [3.05, 3.63) is 102 Å². The van der Waals surface area contributed by atoms with Crippen LogP contribution in [0.15, 0.2) is 84.9 Å². The maximum atomic E-state index is 12.6. The second kappa shape index (κ2) is 10.8. The molecule has 1 amide bonds. The van der Waals surface area contributed by atoms with Gasteiger partial charge < -0.3 is 10.1 Å². The molecule has 0 bridgehead atoms. The zero-order chi connectivity index (χ0) is 23.8. The smallest absolute Gasteiger partial charge is 0.340 e. The van der Waals surface area contributed by atoms with Gasteiger partial charge in [-0.3, -0.25) is 9.10 Å². The first-order valence-electron chi connectivity index (χ1n) is 10.3. The van der Waals surface area contributed by atoms with Crippen molar-refractivity contribution < 1.29 is 22.7 Å². The van der Waals surface area contributed by atoms with Crippen molar-refractivity contribution in [1.82, 2.24) is 5.32 Å². The lowest BCUT2D eigenvalue weighted by atomic mass is 9.99. The van der Waals surface area contributed by atoms with Crippen molar-refractivity contribution >= 4 is 27.6 Å². The number of hydrogen-bond donors (Lipinski definition) is 1. The molecule has 7 nitrogen and oxygen atoms in total. The summed E-state index contributed by atoms with van der Waals surface area (Å²) in [5.74, 6) is -1.24. The molecule has 0 aliphatic heterocycles. The first kappa shape index (κ1) is 24.0. The number of hydrogen-bond acceptors (Lipinski definition) is 5. The molecular formula is C25H26N2O5S. The third kappa shape index (κ3) is 6.66. The number of amides is 1. The number of ether oxygens (including phenoxy) is 1. The van der Waals surface area contributed by atoms with Crippen LogP contribution in [0.4, 0.5) is 5.69 Å². The van der Waals surface area contributed by atoms with Gasteiger partial charge in [-0.05, 0) is 29.7 Å². The highest BCUT2D eigenvalue weighted by atomic mass is 32.2. The number of rotatable bonds is 9. The van der Waals surface area contributed by atoms with Gasteiger partial charge in [-0.1, -0.05) is 72.8 Å². The summed E-state index contributed by atoms with van der Waals surface area (Å²) in [7, 11) is -2.22. The molecular weight excluding hydrogens is 440 g/mol. The molecule has 3 aromatic carbocycles. The molecule has 0 aliphatic carbocycles. The Bertz CT molecular complexity index is 1200. The van der Waals surface area contributed by atoms with E-state index in [-0.39, 0.29) is 17.3 Å². The maximum absolute atomic E-state index is 12.6. The van der Waals surface area contributed by atoms with Crippen molar-refractivity contribution in [1.29, 1.82) is 0 Å². The molecule has 172 valence electrons. The number of benzene rings is 3. The van der Waals surface area contributed by atoms with Crippen molar-refractivity contribution in [2.24, 2.45) is 0 Å². The molecule has 0 saturated heterocycles. The topological polar surface area (TPSA) is 92.8 Å². The van der Waals surface area contributed by atoms with Crippen LogP contribution < -0.4 is 9.62 Å². The quantitative estimate of drug-likeness (QED) is 0.488. The number of carbonyl (C=O) groups excluding carboxylic acids is 2. The number of sulfonamides is 1. The van der Waals surface area contributed by atoms with Crippen molar-refractivity contribution in [2.75, 3.05) is 24.2 Å². The number of anilines is 1. The SMILES string of the molecule is CN(c1ccccc1C(=O)OCC(=O)NC(Cc1ccccc1)c1ccccc1)S(C)(=O)=O. The Morgan fingerprint density at radius 1 is 0.909 bits per heavy atom. The van der Waals surface area contributed by atoms with Crippen LogP contribution in [0.1, 0.15) is 27.5 Å². The molecule has 1 N–H and O–H groups in total. The fraction of sp³-hybridized carbons (Fsp3) is 0.200. The van der Waals surface area contributed by atoms with E-state index in [4.69, 9.17) is 4.74 Å². The van der Waals surface area contributed by atoms with E-state index < -0.39 is 28.5 Å². The first-order chi connectivity index (χ1) is 15.8. The summed E-state index contributed by atoms with van der Waals surface area (Å²) < 4.78 is 30.0. The lowest BCUT2D eigenvalue weighted by Gasteiger charge is -2.21. The van der Waals surface area contributed by atoms with Crippen LogP contribution >= 0.6 is 0 Å². The number of carbonyl (C=O) groups is 2. The minimum Gasteiger partial charge on any atom is -0.452 e. The number of para-hydroxylation sites is 1. The van der Waals surface area contributed by atoms with E-state index in [1.54, 1.807) is 12.1 Å². The number of nitrogens with zero attached hydrogens (tertiary/aromatic N) is 1. The van der Waals surface area contributed by atoms with E-state index in [9.17, 15) is 18.0 Å². The summed E-state index contributed by atoms with van der Waals surface area (Å²) in [5, 5.41) is 2.93. The molecule has 3 aromatic rings. The molecule has 0 fully saturated rings. The van der Waals surface area contributed by atoms with E-state index >= 15 is 0 Å². The molecule has 1 atom stereocenters. The number of nitrogens with one attached hydrogen (secondary N) is 1. The van der Waals surface area contributed by atoms with Gasteiger partial charge in [0.1, 0.15) is 0 Å². The lowest BCUT2D eigenvalue weighted by molar-refractivity contribution is -0.125. The molecule has 0 aromatic heterocycles. The van der Waals surface area contributed by atoms with Crippen LogP contribution in [0.2, 0.25) is 0 Å². The van der Waals surface area contributed by atoms with Crippen LogP contribution in [0.5, 0.6) is 0 Å². The van der Waals surface area contributed by atoms with Crippen LogP contribution in [0, 0.1) is 0 Å². The summed E-state index contributed by atoms with van der Waals surface area (Å²) in [6, 6.07) is 25.2. The third-order valence-electron chi connectivity index (χ3n) is 5.11. The van der Waals surface area contributed by atoms with E-state index in [0.29, 0.717) is 6.42 Å². The predicted octanol–water partition coefficient (Wildman–Crippen LogP) is 3.34. The van der Waals surface area contributed by atoms with Gasteiger partial charge in [0.05, 0.1) is 23.5 Å². The zero-order valence-corrected chi connectivity index (χ0v) is 19.3. The zero-order valence-electron chi connectivity index (χ0n) is 18.5. The van der Waals surface area contributed by atoms with Gasteiger partial charge in [0.2, 0.25) is 10.0 Å². The Kier molecular flexibility index (Phi) is 7.84. The van der Waals surface area contributed by atoms with Crippen LogP contribution in [-0.2, 0) is 26.0 Å². The predicted molar refractivity (Wildman–Crippen MR) is 127 cm³/mol. The monoisotopic (exact) mass is 466 g/mol. The molecule has 0 aliphatic rings. The molecule has 1 unspecified atom stereocenters. The van der Waals surface area contributed by atoms with Gasteiger partial charge in [-0.25, -0.2) is 13.2 Å². The molecule has 33 heavy (non-hydrogen) atoms. The van der Waals surface area contributed by atoms with Crippen molar-refractivity contribution in [3.63, 3.8) is 0 Å². The van der Waals surface area contributed by atoms with Gasteiger partial charge in [-0.15, -0.1) is 0 Å².